The van der Waals surface area contributed by atoms with Gasteiger partial charge in [0.05, 0.1) is 24.4 Å². The minimum absolute atomic E-state index is 0.292. The number of fused-ring (bicyclic) bond motifs is 1. The van der Waals surface area contributed by atoms with Crippen LogP contribution in [0, 0.1) is 12.7 Å². The van der Waals surface area contributed by atoms with Gasteiger partial charge in [0.15, 0.2) is 0 Å². The van der Waals surface area contributed by atoms with Gasteiger partial charge in [-0.05, 0) is 55.3 Å². The van der Waals surface area contributed by atoms with Gasteiger partial charge in [-0.25, -0.2) is 14.4 Å². The van der Waals surface area contributed by atoms with Gasteiger partial charge in [0, 0.05) is 48.1 Å². The number of aryl methyl sites for hydroxylation is 1. The van der Waals surface area contributed by atoms with Crippen LogP contribution >= 0.6 is 0 Å². The topological polar surface area (TPSA) is 50.6 Å². The molecular weight excluding hydrogens is 403 g/mol. The van der Waals surface area contributed by atoms with Crippen molar-refractivity contribution in [3.63, 3.8) is 0 Å². The fraction of sp³-hybridized carbons (Fsp3) is 0.269. The van der Waals surface area contributed by atoms with Crippen molar-refractivity contribution in [1.82, 2.24) is 9.97 Å². The average molecular weight is 431 g/mol. The number of aliphatic imine (C=N–C) groups is 1. The van der Waals surface area contributed by atoms with Crippen molar-refractivity contribution in [2.75, 3.05) is 31.2 Å². The highest BCUT2D eigenvalue weighted by atomic mass is 19.1. The van der Waals surface area contributed by atoms with Crippen molar-refractivity contribution in [3.05, 3.63) is 78.0 Å². The molecule has 1 aromatic heterocycles. The second-order valence-corrected chi connectivity index (χ2v) is 7.75. The Bertz CT molecular complexity index is 1200. The first-order chi connectivity index (χ1) is 15.6. The number of hydrogen-bond donors (Lipinski definition) is 0. The third kappa shape index (κ3) is 4.60. The third-order valence-corrected chi connectivity index (χ3v) is 5.73. The number of nitrogens with zero attached hydrogens (tertiary/aromatic N) is 4. The summed E-state index contributed by atoms with van der Waals surface area (Å²) < 4.78 is 20.5. The molecule has 0 aliphatic carbocycles. The second kappa shape index (κ2) is 9.83. The summed E-state index contributed by atoms with van der Waals surface area (Å²) in [6.45, 7) is 10.7. The molecule has 5 nitrogen and oxygen atoms in total. The summed E-state index contributed by atoms with van der Waals surface area (Å²) in [5.74, 6) is -0.292. The monoisotopic (exact) mass is 430 g/mol. The number of benzene rings is 2. The molecule has 6 heteroatoms. The maximum atomic E-state index is 15.1. The molecule has 1 saturated heterocycles. The Kier molecular flexibility index (Phi) is 6.71. The van der Waals surface area contributed by atoms with E-state index in [4.69, 9.17) is 4.74 Å². The summed E-state index contributed by atoms with van der Waals surface area (Å²) in [5.41, 5.74) is 5.74. The molecule has 1 aliphatic rings. The Labute approximate surface area is 188 Å². The molecule has 0 radical (unpaired) electrons. The minimum Gasteiger partial charge on any atom is -0.378 e. The first-order valence-electron chi connectivity index (χ1n) is 10.8. The van der Waals surface area contributed by atoms with Crippen LogP contribution in [0.15, 0.2) is 66.1 Å². The van der Waals surface area contributed by atoms with E-state index in [1.807, 2.05) is 38.1 Å². The molecule has 3 aromatic rings. The van der Waals surface area contributed by atoms with Gasteiger partial charge in [0.1, 0.15) is 12.1 Å². The Hall–Kier alpha value is -3.38. The lowest BCUT2D eigenvalue weighted by molar-refractivity contribution is 0.122. The summed E-state index contributed by atoms with van der Waals surface area (Å²) in [6.07, 6.45) is 7.37. The van der Waals surface area contributed by atoms with Crippen LogP contribution in [0.4, 0.5) is 10.1 Å². The standard InChI is InChI=1S/C26H27FN4O/c1-4-8-28-20(5-2)14-19-15-23(24(27)13-18(19)3)26-22-7-6-21(16-25(22)29-17-30-26)31-9-11-32-12-10-31/h4-8,13,15-17H,1,9-12,14H2,2-3H3/b20-5-,28-8?. The number of hydrogen-bond acceptors (Lipinski definition) is 5. The Morgan fingerprint density at radius 3 is 2.78 bits per heavy atom. The quantitative estimate of drug-likeness (QED) is 0.499. The van der Waals surface area contributed by atoms with Crippen LogP contribution < -0.4 is 4.90 Å². The molecule has 1 aliphatic heterocycles. The summed E-state index contributed by atoms with van der Waals surface area (Å²) in [5, 5.41) is 0.828. The van der Waals surface area contributed by atoms with E-state index in [1.54, 1.807) is 18.4 Å². The number of morpholine rings is 1. The van der Waals surface area contributed by atoms with Crippen LogP contribution in [0.5, 0.6) is 0 Å². The first-order valence-corrected chi connectivity index (χ1v) is 10.8. The SMILES string of the molecule is C=CC=N/C(=C\C)Cc1cc(-c2ncnc3cc(N4CCOCC4)ccc23)c(F)cc1C. The highest BCUT2D eigenvalue weighted by Gasteiger charge is 2.17. The van der Waals surface area contributed by atoms with E-state index in [9.17, 15) is 0 Å². The fourth-order valence-electron chi connectivity index (χ4n) is 3.93. The molecule has 2 heterocycles. The first kappa shape index (κ1) is 21.8. The molecular formula is C26H27FN4O. The molecule has 1 fully saturated rings. The van der Waals surface area contributed by atoms with Crippen LogP contribution in [0.25, 0.3) is 22.2 Å². The molecule has 0 atom stereocenters. The molecule has 0 amide bonds. The molecule has 0 bridgehead atoms. The average Bonchev–Trinajstić information content (AvgIpc) is 2.83. The van der Waals surface area contributed by atoms with Crippen molar-refractivity contribution in [2.45, 2.75) is 20.3 Å². The lowest BCUT2D eigenvalue weighted by atomic mass is 9.97. The predicted octanol–water partition coefficient (Wildman–Crippen LogP) is 5.28. The smallest absolute Gasteiger partial charge is 0.132 e. The molecule has 4 rings (SSSR count). The molecule has 0 spiro atoms. The molecule has 0 N–H and O–H groups in total. The molecule has 2 aromatic carbocycles. The lowest BCUT2D eigenvalue weighted by Crippen LogP contribution is -2.36. The molecule has 0 saturated carbocycles. The molecule has 0 unspecified atom stereocenters. The highest BCUT2D eigenvalue weighted by Crippen LogP contribution is 2.32. The normalized spacial score (nSPS) is 15.0. The number of anilines is 1. The maximum Gasteiger partial charge on any atom is 0.132 e. The van der Waals surface area contributed by atoms with E-state index in [-0.39, 0.29) is 5.82 Å². The van der Waals surface area contributed by atoms with Gasteiger partial charge in [-0.3, -0.25) is 4.99 Å². The molecule has 32 heavy (non-hydrogen) atoms. The van der Waals surface area contributed by atoms with Crippen LogP contribution in [-0.4, -0.2) is 42.5 Å². The lowest BCUT2D eigenvalue weighted by Gasteiger charge is -2.29. The van der Waals surface area contributed by atoms with Crippen LogP contribution in [0.1, 0.15) is 18.1 Å². The Balaban J connectivity index is 1.74. The summed E-state index contributed by atoms with van der Waals surface area (Å²) >= 11 is 0. The van der Waals surface area contributed by atoms with E-state index in [0.29, 0.717) is 17.7 Å². The predicted molar refractivity (Wildman–Crippen MR) is 129 cm³/mol. The van der Waals surface area contributed by atoms with Crippen molar-refractivity contribution in [3.8, 4) is 11.3 Å². The number of rotatable bonds is 6. The van der Waals surface area contributed by atoms with E-state index in [2.05, 4.69) is 32.5 Å². The Morgan fingerprint density at radius 1 is 1.22 bits per heavy atom. The van der Waals surface area contributed by atoms with Gasteiger partial charge in [-0.1, -0.05) is 18.7 Å². The summed E-state index contributed by atoms with van der Waals surface area (Å²) in [7, 11) is 0. The van der Waals surface area contributed by atoms with Crippen molar-refractivity contribution >= 4 is 22.8 Å². The highest BCUT2D eigenvalue weighted by molar-refractivity contribution is 5.94. The van der Waals surface area contributed by atoms with E-state index < -0.39 is 0 Å². The largest absolute Gasteiger partial charge is 0.378 e. The van der Waals surface area contributed by atoms with Gasteiger partial charge >= 0.3 is 0 Å². The maximum absolute atomic E-state index is 15.1. The summed E-state index contributed by atoms with van der Waals surface area (Å²) in [6, 6.07) is 9.54. The van der Waals surface area contributed by atoms with Crippen LogP contribution in [-0.2, 0) is 11.2 Å². The van der Waals surface area contributed by atoms with E-state index in [0.717, 1.165) is 59.7 Å². The van der Waals surface area contributed by atoms with E-state index >= 15 is 4.39 Å². The van der Waals surface area contributed by atoms with Crippen molar-refractivity contribution in [1.29, 1.82) is 0 Å². The van der Waals surface area contributed by atoms with E-state index in [1.165, 1.54) is 6.33 Å². The number of ether oxygens (including phenoxy) is 1. The minimum atomic E-state index is -0.292. The zero-order valence-corrected chi connectivity index (χ0v) is 18.5. The summed E-state index contributed by atoms with van der Waals surface area (Å²) in [4.78, 5) is 15.6. The number of allylic oxidation sites excluding steroid dienone is 3. The second-order valence-electron chi connectivity index (χ2n) is 7.75. The van der Waals surface area contributed by atoms with Crippen LogP contribution in [0.2, 0.25) is 0 Å². The Morgan fingerprint density at radius 2 is 2.03 bits per heavy atom. The number of halogens is 1. The van der Waals surface area contributed by atoms with Gasteiger partial charge < -0.3 is 9.64 Å². The van der Waals surface area contributed by atoms with Gasteiger partial charge in [-0.15, -0.1) is 0 Å². The van der Waals surface area contributed by atoms with Crippen molar-refractivity contribution in [2.24, 2.45) is 4.99 Å². The van der Waals surface area contributed by atoms with Gasteiger partial charge in [0.25, 0.3) is 0 Å². The zero-order valence-electron chi connectivity index (χ0n) is 18.5. The van der Waals surface area contributed by atoms with Crippen molar-refractivity contribution < 1.29 is 9.13 Å². The fourth-order valence-corrected chi connectivity index (χ4v) is 3.93. The molecule has 164 valence electrons. The zero-order chi connectivity index (χ0) is 22.5. The van der Waals surface area contributed by atoms with Gasteiger partial charge in [-0.2, -0.15) is 0 Å². The van der Waals surface area contributed by atoms with Crippen LogP contribution in [0.3, 0.4) is 0 Å². The van der Waals surface area contributed by atoms with Gasteiger partial charge in [0.2, 0.25) is 0 Å². The number of aromatic nitrogens is 2. The third-order valence-electron chi connectivity index (χ3n) is 5.73.